The van der Waals surface area contributed by atoms with Crippen LogP contribution in [0.2, 0.25) is 0 Å². The zero-order valence-corrected chi connectivity index (χ0v) is 12.3. The van der Waals surface area contributed by atoms with E-state index < -0.39 is 5.97 Å². The van der Waals surface area contributed by atoms with Gasteiger partial charge >= 0.3 is 5.97 Å². The molecule has 1 amide bonds. The summed E-state index contributed by atoms with van der Waals surface area (Å²) in [7, 11) is 0. The van der Waals surface area contributed by atoms with Crippen molar-refractivity contribution in [1.82, 2.24) is 5.32 Å². The molecule has 6 nitrogen and oxygen atoms in total. The number of hydrogen-bond acceptors (Lipinski definition) is 4. The number of carbonyl (C=O) groups is 2. The van der Waals surface area contributed by atoms with E-state index in [1.807, 2.05) is 6.92 Å². The summed E-state index contributed by atoms with van der Waals surface area (Å²) in [6.07, 6.45) is 1.42. The van der Waals surface area contributed by atoms with Gasteiger partial charge in [-0.3, -0.25) is 4.79 Å². The minimum atomic E-state index is -1.03. The number of furan rings is 1. The van der Waals surface area contributed by atoms with E-state index in [2.05, 4.69) is 5.32 Å². The monoisotopic (exact) mass is 303 g/mol. The molecule has 0 radical (unpaired) electrons. The normalized spacial score (nSPS) is 11.7. The highest BCUT2D eigenvalue weighted by Gasteiger charge is 2.13. The van der Waals surface area contributed by atoms with Crippen molar-refractivity contribution in [3.05, 3.63) is 53.5 Å². The Morgan fingerprint density at radius 3 is 2.55 bits per heavy atom. The molecular weight excluding hydrogens is 286 g/mol. The van der Waals surface area contributed by atoms with E-state index >= 15 is 0 Å². The highest BCUT2D eigenvalue weighted by atomic mass is 16.5. The van der Waals surface area contributed by atoms with Crippen molar-refractivity contribution in [2.75, 3.05) is 6.61 Å². The highest BCUT2D eigenvalue weighted by molar-refractivity contribution is 5.94. The zero-order chi connectivity index (χ0) is 16.1. The van der Waals surface area contributed by atoms with Crippen LogP contribution in [0.5, 0.6) is 5.75 Å². The van der Waals surface area contributed by atoms with Gasteiger partial charge in [-0.05, 0) is 37.6 Å². The predicted octanol–water partition coefficient (Wildman–Crippen LogP) is 2.54. The predicted molar refractivity (Wildman–Crippen MR) is 78.9 cm³/mol. The average molecular weight is 303 g/mol. The number of amides is 1. The first-order chi connectivity index (χ1) is 10.5. The van der Waals surface area contributed by atoms with Crippen molar-refractivity contribution in [3.63, 3.8) is 0 Å². The Morgan fingerprint density at radius 2 is 2.00 bits per heavy atom. The molecule has 0 spiro atoms. The molecule has 0 bridgehead atoms. The summed E-state index contributed by atoms with van der Waals surface area (Å²) in [6, 6.07) is 8.37. The average Bonchev–Trinajstić information content (AvgIpc) is 2.92. The van der Waals surface area contributed by atoms with Crippen molar-refractivity contribution in [3.8, 4) is 5.75 Å². The van der Waals surface area contributed by atoms with Crippen molar-refractivity contribution in [2.24, 2.45) is 0 Å². The second-order valence-electron chi connectivity index (χ2n) is 4.89. The van der Waals surface area contributed by atoms with Crippen LogP contribution in [-0.4, -0.2) is 23.6 Å². The Bertz CT molecular complexity index is 659. The Balaban J connectivity index is 1.96. The van der Waals surface area contributed by atoms with E-state index in [9.17, 15) is 9.59 Å². The third kappa shape index (κ3) is 4.12. The first-order valence-corrected chi connectivity index (χ1v) is 6.76. The number of aliphatic carboxylic acids is 1. The fourth-order valence-corrected chi connectivity index (χ4v) is 1.92. The topological polar surface area (TPSA) is 88.8 Å². The van der Waals surface area contributed by atoms with E-state index in [1.165, 1.54) is 6.26 Å². The number of ether oxygens (including phenoxy) is 1. The summed E-state index contributed by atoms with van der Waals surface area (Å²) in [5.41, 5.74) is 1.36. The molecule has 1 atom stereocenters. The molecule has 22 heavy (non-hydrogen) atoms. The lowest BCUT2D eigenvalue weighted by Gasteiger charge is -2.14. The van der Waals surface area contributed by atoms with Gasteiger partial charge < -0.3 is 19.6 Å². The quantitative estimate of drug-likeness (QED) is 0.856. The number of nitrogens with one attached hydrogen (secondary N) is 1. The maximum Gasteiger partial charge on any atom is 0.341 e. The standard InChI is InChI=1S/C16H17NO5/c1-10-7-13(8-21-10)16(20)17-11(2)12-3-5-14(6-4-12)22-9-15(18)19/h3-8,11H,9H2,1-2H3,(H,17,20)(H,18,19)/t11-/m0/s1. The number of carboxylic acid groups (broad SMARTS) is 1. The van der Waals surface area contributed by atoms with E-state index in [-0.39, 0.29) is 18.6 Å². The third-order valence-corrected chi connectivity index (χ3v) is 3.08. The maximum atomic E-state index is 12.0. The second kappa shape index (κ2) is 6.80. The van der Waals surface area contributed by atoms with Crippen LogP contribution in [0.25, 0.3) is 0 Å². The Morgan fingerprint density at radius 1 is 1.32 bits per heavy atom. The maximum absolute atomic E-state index is 12.0. The van der Waals surface area contributed by atoms with Gasteiger partial charge in [0.1, 0.15) is 17.8 Å². The second-order valence-corrected chi connectivity index (χ2v) is 4.89. The lowest BCUT2D eigenvalue weighted by molar-refractivity contribution is -0.139. The molecule has 2 aromatic rings. The van der Waals surface area contributed by atoms with Gasteiger partial charge in [0.15, 0.2) is 6.61 Å². The number of hydrogen-bond donors (Lipinski definition) is 2. The van der Waals surface area contributed by atoms with E-state index in [1.54, 1.807) is 37.3 Å². The van der Waals surface area contributed by atoms with Crippen LogP contribution in [0.3, 0.4) is 0 Å². The molecule has 0 aliphatic carbocycles. The molecular formula is C16H17NO5. The molecule has 116 valence electrons. The molecule has 0 aliphatic rings. The number of carbonyl (C=O) groups excluding carboxylic acids is 1. The molecule has 6 heteroatoms. The summed E-state index contributed by atoms with van der Waals surface area (Å²) >= 11 is 0. The largest absolute Gasteiger partial charge is 0.482 e. The van der Waals surface area contributed by atoms with E-state index in [0.29, 0.717) is 17.1 Å². The van der Waals surface area contributed by atoms with Crippen LogP contribution in [0.1, 0.15) is 34.6 Å². The smallest absolute Gasteiger partial charge is 0.341 e. The van der Waals surface area contributed by atoms with Gasteiger partial charge in [0.25, 0.3) is 5.91 Å². The summed E-state index contributed by atoms with van der Waals surface area (Å²) in [5.74, 6) is -0.0939. The van der Waals surface area contributed by atoms with Crippen molar-refractivity contribution < 1.29 is 23.8 Å². The van der Waals surface area contributed by atoms with E-state index in [0.717, 1.165) is 5.56 Å². The van der Waals surface area contributed by atoms with Crippen LogP contribution in [0, 0.1) is 6.92 Å². The number of aryl methyl sites for hydroxylation is 1. The van der Waals surface area contributed by atoms with Crippen molar-refractivity contribution >= 4 is 11.9 Å². The zero-order valence-electron chi connectivity index (χ0n) is 12.3. The van der Waals surface area contributed by atoms with Crippen molar-refractivity contribution in [2.45, 2.75) is 19.9 Å². The molecule has 2 rings (SSSR count). The molecule has 1 aromatic heterocycles. The van der Waals surface area contributed by atoms with Gasteiger partial charge in [-0.1, -0.05) is 12.1 Å². The number of rotatable bonds is 6. The number of benzene rings is 1. The Labute approximate surface area is 127 Å². The molecule has 0 fully saturated rings. The summed E-state index contributed by atoms with van der Waals surface area (Å²) < 4.78 is 10.2. The van der Waals surface area contributed by atoms with Gasteiger partial charge in [0, 0.05) is 0 Å². The lowest BCUT2D eigenvalue weighted by atomic mass is 10.1. The van der Waals surface area contributed by atoms with Crippen LogP contribution in [0.15, 0.2) is 41.0 Å². The first-order valence-electron chi connectivity index (χ1n) is 6.76. The summed E-state index contributed by atoms with van der Waals surface area (Å²) in [5, 5.41) is 11.4. The Kier molecular flexibility index (Phi) is 4.83. The fourth-order valence-electron chi connectivity index (χ4n) is 1.92. The molecule has 0 saturated heterocycles. The lowest BCUT2D eigenvalue weighted by Crippen LogP contribution is -2.26. The minimum absolute atomic E-state index is 0.198. The minimum Gasteiger partial charge on any atom is -0.482 e. The number of carboxylic acids is 1. The SMILES string of the molecule is Cc1cc(C(=O)N[C@@H](C)c2ccc(OCC(=O)O)cc2)co1. The van der Waals surface area contributed by atoms with Crippen LogP contribution in [0.4, 0.5) is 0 Å². The summed E-state index contributed by atoms with van der Waals surface area (Å²) in [6.45, 7) is 3.25. The third-order valence-electron chi connectivity index (χ3n) is 3.08. The molecule has 0 aliphatic heterocycles. The van der Waals surface area contributed by atoms with Crippen molar-refractivity contribution in [1.29, 1.82) is 0 Å². The van der Waals surface area contributed by atoms with Gasteiger partial charge in [0.05, 0.1) is 11.6 Å². The summed E-state index contributed by atoms with van der Waals surface area (Å²) in [4.78, 5) is 22.5. The van der Waals surface area contributed by atoms with Gasteiger partial charge in [-0.2, -0.15) is 0 Å². The van der Waals surface area contributed by atoms with Gasteiger partial charge in [-0.15, -0.1) is 0 Å². The molecule has 0 saturated carbocycles. The van der Waals surface area contributed by atoms with Gasteiger partial charge in [-0.25, -0.2) is 4.79 Å². The molecule has 1 aromatic carbocycles. The highest BCUT2D eigenvalue weighted by Crippen LogP contribution is 2.18. The van der Waals surface area contributed by atoms with Crippen LogP contribution >= 0.6 is 0 Å². The fraction of sp³-hybridized carbons (Fsp3) is 0.250. The first kappa shape index (κ1) is 15.6. The van der Waals surface area contributed by atoms with Crippen LogP contribution in [-0.2, 0) is 4.79 Å². The van der Waals surface area contributed by atoms with E-state index in [4.69, 9.17) is 14.3 Å². The molecule has 2 N–H and O–H groups in total. The Hall–Kier alpha value is -2.76. The van der Waals surface area contributed by atoms with Gasteiger partial charge in [0.2, 0.25) is 0 Å². The van der Waals surface area contributed by atoms with Crippen LogP contribution < -0.4 is 10.1 Å². The molecule has 0 unspecified atom stereocenters. The molecule has 1 heterocycles.